The Bertz CT molecular complexity index is 668. The molecule has 1 aromatic carbocycles. The Kier molecular flexibility index (Phi) is 4.71. The molecule has 1 atom stereocenters. The number of carbonyl (C=O) groups excluding carboxylic acids is 1. The summed E-state index contributed by atoms with van der Waals surface area (Å²) in [6, 6.07) is 10.4. The lowest BCUT2D eigenvalue weighted by Gasteiger charge is -2.35. The van der Waals surface area contributed by atoms with Crippen LogP contribution in [0.15, 0.2) is 42.7 Å². The first-order valence-electron chi connectivity index (χ1n) is 8.54. The molecule has 1 aromatic heterocycles. The Hall–Kier alpha value is -2.14. The van der Waals surface area contributed by atoms with Crippen LogP contribution in [-0.2, 0) is 24.2 Å². The Labute approximate surface area is 143 Å². The average Bonchev–Trinajstić information content (AvgIpc) is 3.20. The van der Waals surface area contributed by atoms with E-state index < -0.39 is 5.54 Å². The lowest BCUT2D eigenvalue weighted by molar-refractivity contribution is -0.132. The summed E-state index contributed by atoms with van der Waals surface area (Å²) in [5.74, 6) is 0.122. The van der Waals surface area contributed by atoms with Crippen molar-refractivity contribution in [2.24, 2.45) is 0 Å². The molecule has 24 heavy (non-hydrogen) atoms. The molecular formula is C19H26N4O. The number of hydrogen-bond acceptors (Lipinski definition) is 3. The van der Waals surface area contributed by atoms with E-state index in [0.29, 0.717) is 0 Å². The molecule has 1 aliphatic rings. The van der Waals surface area contributed by atoms with Crippen LogP contribution in [0.5, 0.6) is 0 Å². The van der Waals surface area contributed by atoms with Gasteiger partial charge in [0, 0.05) is 37.8 Å². The van der Waals surface area contributed by atoms with Crippen molar-refractivity contribution >= 4 is 5.91 Å². The van der Waals surface area contributed by atoms with Gasteiger partial charge in [0.15, 0.2) is 0 Å². The normalized spacial score (nSPS) is 16.8. The van der Waals surface area contributed by atoms with Gasteiger partial charge in [0.05, 0.1) is 0 Å². The zero-order chi connectivity index (χ0) is 17.2. The van der Waals surface area contributed by atoms with Gasteiger partial charge in [-0.2, -0.15) is 5.10 Å². The predicted molar refractivity (Wildman–Crippen MR) is 94.7 cm³/mol. The fourth-order valence-electron chi connectivity index (χ4n) is 3.46. The summed E-state index contributed by atoms with van der Waals surface area (Å²) < 4.78 is 1.90. The zero-order valence-electron chi connectivity index (χ0n) is 14.7. The van der Waals surface area contributed by atoms with Gasteiger partial charge in [-0.05, 0) is 44.6 Å². The van der Waals surface area contributed by atoms with E-state index in [1.54, 1.807) is 6.20 Å². The van der Waals surface area contributed by atoms with Gasteiger partial charge in [-0.1, -0.05) is 24.3 Å². The molecule has 128 valence electrons. The molecule has 0 radical (unpaired) electrons. The number of nitrogens with one attached hydrogen (secondary N) is 1. The predicted octanol–water partition coefficient (Wildman–Crippen LogP) is 1.88. The Morgan fingerprint density at radius 3 is 2.50 bits per heavy atom. The first-order chi connectivity index (χ1) is 11.5. The van der Waals surface area contributed by atoms with Crippen molar-refractivity contribution in [3.63, 3.8) is 0 Å². The SMILES string of the molecule is CC(CCn1cccn1)NC(=O)C1(N(C)C)Cc2ccccc2C1. The van der Waals surface area contributed by atoms with Gasteiger partial charge >= 0.3 is 0 Å². The largest absolute Gasteiger partial charge is 0.352 e. The van der Waals surface area contributed by atoms with E-state index in [4.69, 9.17) is 0 Å². The molecule has 3 rings (SSSR count). The second kappa shape index (κ2) is 6.77. The van der Waals surface area contributed by atoms with E-state index in [0.717, 1.165) is 25.8 Å². The summed E-state index contributed by atoms with van der Waals surface area (Å²) in [5.41, 5.74) is 2.08. The topological polar surface area (TPSA) is 50.2 Å². The van der Waals surface area contributed by atoms with Gasteiger partial charge in [-0.3, -0.25) is 14.4 Å². The van der Waals surface area contributed by atoms with Crippen LogP contribution in [0.4, 0.5) is 0 Å². The molecule has 1 aliphatic carbocycles. The molecule has 1 heterocycles. The number of benzene rings is 1. The van der Waals surface area contributed by atoms with E-state index in [1.165, 1.54) is 11.1 Å². The van der Waals surface area contributed by atoms with E-state index in [9.17, 15) is 4.79 Å². The maximum Gasteiger partial charge on any atom is 0.241 e. The minimum absolute atomic E-state index is 0.113. The van der Waals surface area contributed by atoms with Gasteiger partial charge in [0.1, 0.15) is 5.54 Å². The standard InChI is InChI=1S/C19H26N4O/c1-15(9-12-23-11-6-10-20-23)21-18(24)19(22(2)3)13-16-7-4-5-8-17(16)14-19/h4-8,10-11,15H,9,12-14H2,1-3H3,(H,21,24). The summed E-state index contributed by atoms with van der Waals surface area (Å²) in [7, 11) is 4.00. The first kappa shape index (κ1) is 16.7. The zero-order valence-corrected chi connectivity index (χ0v) is 14.7. The fourth-order valence-corrected chi connectivity index (χ4v) is 3.46. The summed E-state index contributed by atoms with van der Waals surface area (Å²) in [6.07, 6.45) is 6.13. The molecular weight excluding hydrogens is 300 g/mol. The van der Waals surface area contributed by atoms with Gasteiger partial charge in [-0.25, -0.2) is 0 Å². The third-order valence-electron chi connectivity index (χ3n) is 5.09. The maximum atomic E-state index is 13.1. The smallest absolute Gasteiger partial charge is 0.241 e. The molecule has 5 nitrogen and oxygen atoms in total. The number of aromatic nitrogens is 2. The van der Waals surface area contributed by atoms with Gasteiger partial charge in [-0.15, -0.1) is 0 Å². The molecule has 1 N–H and O–H groups in total. The van der Waals surface area contributed by atoms with Crippen LogP contribution in [0.1, 0.15) is 24.5 Å². The summed E-state index contributed by atoms with van der Waals surface area (Å²) in [4.78, 5) is 15.1. The van der Waals surface area contributed by atoms with Crippen LogP contribution in [0.3, 0.4) is 0 Å². The molecule has 1 unspecified atom stereocenters. The molecule has 0 bridgehead atoms. The number of likely N-dealkylation sites (N-methyl/N-ethyl adjacent to an activating group) is 1. The molecule has 5 heteroatoms. The number of hydrogen-bond donors (Lipinski definition) is 1. The van der Waals surface area contributed by atoms with Gasteiger partial charge in [0.25, 0.3) is 0 Å². The highest BCUT2D eigenvalue weighted by Gasteiger charge is 2.45. The number of amides is 1. The quantitative estimate of drug-likeness (QED) is 0.882. The van der Waals surface area contributed by atoms with Crippen LogP contribution < -0.4 is 5.32 Å². The molecule has 0 fully saturated rings. The maximum absolute atomic E-state index is 13.1. The van der Waals surface area contributed by atoms with Crippen molar-refractivity contribution in [2.45, 2.75) is 44.3 Å². The van der Waals surface area contributed by atoms with Crippen molar-refractivity contribution in [1.29, 1.82) is 0 Å². The van der Waals surface area contributed by atoms with Gasteiger partial charge in [0.2, 0.25) is 5.91 Å². The van der Waals surface area contributed by atoms with Crippen LogP contribution in [0.2, 0.25) is 0 Å². The minimum Gasteiger partial charge on any atom is -0.352 e. The van der Waals surface area contributed by atoms with E-state index >= 15 is 0 Å². The molecule has 0 aliphatic heterocycles. The third kappa shape index (κ3) is 3.22. The van der Waals surface area contributed by atoms with E-state index in [2.05, 4.69) is 46.5 Å². The fraction of sp³-hybridized carbons (Fsp3) is 0.474. The Balaban J connectivity index is 1.65. The van der Waals surface area contributed by atoms with Crippen molar-refractivity contribution < 1.29 is 4.79 Å². The first-order valence-corrected chi connectivity index (χ1v) is 8.54. The monoisotopic (exact) mass is 326 g/mol. The van der Waals surface area contributed by atoms with Gasteiger partial charge < -0.3 is 5.32 Å². The number of nitrogens with zero attached hydrogens (tertiary/aromatic N) is 3. The van der Waals surface area contributed by atoms with Crippen molar-refractivity contribution in [3.8, 4) is 0 Å². The molecule has 0 saturated carbocycles. The van der Waals surface area contributed by atoms with E-state index in [-0.39, 0.29) is 11.9 Å². The van der Waals surface area contributed by atoms with Crippen molar-refractivity contribution in [3.05, 3.63) is 53.9 Å². The summed E-state index contributed by atoms with van der Waals surface area (Å²) in [6.45, 7) is 2.87. The molecule has 0 saturated heterocycles. The lowest BCUT2D eigenvalue weighted by atomic mass is 9.92. The second-order valence-electron chi connectivity index (χ2n) is 6.98. The van der Waals surface area contributed by atoms with E-state index in [1.807, 2.05) is 31.0 Å². The van der Waals surface area contributed by atoms with Crippen molar-refractivity contribution in [1.82, 2.24) is 20.0 Å². The summed E-state index contributed by atoms with van der Waals surface area (Å²) in [5, 5.41) is 7.43. The molecule has 0 spiro atoms. The molecule has 2 aromatic rings. The number of rotatable bonds is 6. The van der Waals surface area contributed by atoms with Crippen LogP contribution in [0.25, 0.3) is 0 Å². The number of aryl methyl sites for hydroxylation is 1. The number of fused-ring (bicyclic) bond motifs is 1. The highest BCUT2D eigenvalue weighted by atomic mass is 16.2. The molecule has 1 amide bonds. The van der Waals surface area contributed by atoms with Crippen LogP contribution >= 0.6 is 0 Å². The lowest BCUT2D eigenvalue weighted by Crippen LogP contribution is -2.58. The highest BCUT2D eigenvalue weighted by Crippen LogP contribution is 2.33. The van der Waals surface area contributed by atoms with Crippen LogP contribution in [-0.4, -0.2) is 46.3 Å². The third-order valence-corrected chi connectivity index (χ3v) is 5.09. The Morgan fingerprint density at radius 1 is 1.29 bits per heavy atom. The average molecular weight is 326 g/mol. The Morgan fingerprint density at radius 2 is 1.96 bits per heavy atom. The highest BCUT2D eigenvalue weighted by molar-refractivity contribution is 5.88. The minimum atomic E-state index is -0.482. The van der Waals surface area contributed by atoms with Crippen molar-refractivity contribution in [2.75, 3.05) is 14.1 Å². The summed E-state index contributed by atoms with van der Waals surface area (Å²) >= 11 is 0. The second-order valence-corrected chi connectivity index (χ2v) is 6.98. The van der Waals surface area contributed by atoms with Crippen LogP contribution in [0, 0.1) is 0 Å². The number of carbonyl (C=O) groups is 1.